The number of halogens is 3. The average molecular weight is 438 g/mol. The fourth-order valence-electron chi connectivity index (χ4n) is 4.37. The highest BCUT2D eigenvalue weighted by atomic mass is 32.1. The number of anilines is 1. The molecule has 0 bridgehead atoms. The molecule has 0 spiro atoms. The van der Waals surface area contributed by atoms with E-state index in [2.05, 4.69) is 4.90 Å². The Hall–Kier alpha value is -2.06. The summed E-state index contributed by atoms with van der Waals surface area (Å²) in [7, 11) is 0. The zero-order valence-electron chi connectivity index (χ0n) is 17.0. The van der Waals surface area contributed by atoms with Gasteiger partial charge in [-0.25, -0.2) is 0 Å². The Balaban J connectivity index is 1.35. The van der Waals surface area contributed by atoms with Gasteiger partial charge in [0.25, 0.3) is 5.91 Å². The number of hydrogen-bond acceptors (Lipinski definition) is 4. The van der Waals surface area contributed by atoms with Crippen LogP contribution in [-0.2, 0) is 6.18 Å². The minimum atomic E-state index is -4.32. The third kappa shape index (κ3) is 4.64. The highest BCUT2D eigenvalue weighted by Crippen LogP contribution is 2.32. The van der Waals surface area contributed by atoms with Crippen LogP contribution in [0.5, 0.6) is 0 Å². The molecule has 0 aliphatic carbocycles. The lowest BCUT2D eigenvalue weighted by Gasteiger charge is -2.44. The molecule has 1 atom stereocenters. The van der Waals surface area contributed by atoms with Crippen molar-refractivity contribution in [3.8, 4) is 0 Å². The van der Waals surface area contributed by atoms with E-state index >= 15 is 0 Å². The van der Waals surface area contributed by atoms with Crippen LogP contribution in [0.1, 0.15) is 33.0 Å². The first-order chi connectivity index (χ1) is 14.3. The number of piperidine rings is 1. The maximum Gasteiger partial charge on any atom is 0.416 e. The van der Waals surface area contributed by atoms with Crippen molar-refractivity contribution in [2.24, 2.45) is 0 Å². The second-order valence-corrected chi connectivity index (χ2v) is 9.32. The van der Waals surface area contributed by atoms with Crippen molar-refractivity contribution in [2.45, 2.75) is 32.0 Å². The number of carbonyl (C=O) groups is 1. The Morgan fingerprint density at radius 2 is 1.83 bits per heavy atom. The third-order valence-electron chi connectivity index (χ3n) is 6.00. The molecule has 3 heterocycles. The molecule has 2 fully saturated rings. The van der Waals surface area contributed by atoms with Gasteiger partial charge in [-0.2, -0.15) is 13.2 Å². The molecule has 0 saturated carbocycles. The van der Waals surface area contributed by atoms with Gasteiger partial charge >= 0.3 is 6.18 Å². The van der Waals surface area contributed by atoms with E-state index in [4.69, 9.17) is 0 Å². The van der Waals surface area contributed by atoms with Crippen molar-refractivity contribution in [1.29, 1.82) is 0 Å². The van der Waals surface area contributed by atoms with Crippen LogP contribution in [0.2, 0.25) is 0 Å². The van der Waals surface area contributed by atoms with Crippen LogP contribution in [0.4, 0.5) is 18.9 Å². The van der Waals surface area contributed by atoms with E-state index in [0.29, 0.717) is 24.8 Å². The summed E-state index contributed by atoms with van der Waals surface area (Å²) in [6, 6.07) is 9.76. The number of alkyl halides is 3. The number of piperazine rings is 1. The largest absolute Gasteiger partial charge is 0.416 e. The highest BCUT2D eigenvalue weighted by molar-refractivity contribution is 7.13. The lowest BCUT2D eigenvalue weighted by Crippen LogP contribution is -2.55. The molecule has 4 nitrogen and oxygen atoms in total. The molecule has 1 aromatic carbocycles. The number of hydrogen-bond donors (Lipinski definition) is 0. The fourth-order valence-corrected chi connectivity index (χ4v) is 5.20. The predicted molar refractivity (Wildman–Crippen MR) is 113 cm³/mol. The van der Waals surface area contributed by atoms with Crippen molar-refractivity contribution in [3.63, 3.8) is 0 Å². The molecule has 30 heavy (non-hydrogen) atoms. The number of nitrogens with zero attached hydrogens (tertiary/aromatic N) is 3. The standard InChI is InChI=1S/C22H26F3N3OS/c1-16-7-8-20(30-16)21(29)28-9-3-6-19(15-28)27-12-10-26(11-13-27)18-5-2-4-17(14-18)22(23,24)25/h2,4-5,7-8,14,19H,3,6,9-13,15H2,1H3/t19-/m0/s1. The van der Waals surface area contributed by atoms with Crippen LogP contribution in [0.25, 0.3) is 0 Å². The summed E-state index contributed by atoms with van der Waals surface area (Å²) in [5.41, 5.74) is 0.0191. The minimum absolute atomic E-state index is 0.111. The van der Waals surface area contributed by atoms with Crippen molar-refractivity contribution in [3.05, 3.63) is 51.7 Å². The van der Waals surface area contributed by atoms with Crippen LogP contribution in [0, 0.1) is 6.92 Å². The van der Waals surface area contributed by atoms with E-state index in [1.807, 2.05) is 28.9 Å². The number of likely N-dealkylation sites (tertiary alicyclic amines) is 1. The predicted octanol–water partition coefficient (Wildman–Crippen LogP) is 4.50. The third-order valence-corrected chi connectivity index (χ3v) is 6.99. The molecule has 4 rings (SSSR count). The van der Waals surface area contributed by atoms with Crippen molar-refractivity contribution in [1.82, 2.24) is 9.80 Å². The molecule has 0 radical (unpaired) electrons. The Morgan fingerprint density at radius 3 is 2.50 bits per heavy atom. The topological polar surface area (TPSA) is 26.8 Å². The van der Waals surface area contributed by atoms with Gasteiger partial charge in [0.05, 0.1) is 10.4 Å². The van der Waals surface area contributed by atoms with Gasteiger partial charge in [0, 0.05) is 55.9 Å². The number of amides is 1. The van der Waals surface area contributed by atoms with Crippen LogP contribution < -0.4 is 4.90 Å². The van der Waals surface area contributed by atoms with Gasteiger partial charge in [0.15, 0.2) is 0 Å². The van der Waals surface area contributed by atoms with Crippen LogP contribution >= 0.6 is 11.3 Å². The summed E-state index contributed by atoms with van der Waals surface area (Å²) < 4.78 is 39.0. The summed E-state index contributed by atoms with van der Waals surface area (Å²) in [5, 5.41) is 0. The van der Waals surface area contributed by atoms with Crippen LogP contribution in [0.15, 0.2) is 36.4 Å². The van der Waals surface area contributed by atoms with Gasteiger partial charge in [-0.05, 0) is 50.1 Å². The smallest absolute Gasteiger partial charge is 0.369 e. The molecule has 0 N–H and O–H groups in total. The molecular weight excluding hydrogens is 411 g/mol. The van der Waals surface area contributed by atoms with Crippen molar-refractivity contribution >= 4 is 22.9 Å². The van der Waals surface area contributed by atoms with Gasteiger partial charge in [0.1, 0.15) is 0 Å². The van der Waals surface area contributed by atoms with Crippen molar-refractivity contribution in [2.75, 3.05) is 44.2 Å². The van der Waals surface area contributed by atoms with E-state index in [9.17, 15) is 18.0 Å². The zero-order chi connectivity index (χ0) is 21.3. The van der Waals surface area contributed by atoms with Crippen LogP contribution in [-0.4, -0.2) is 61.0 Å². The number of carbonyl (C=O) groups excluding carboxylic acids is 1. The number of aryl methyl sites for hydroxylation is 1. The monoisotopic (exact) mass is 437 g/mol. The number of thiophene rings is 1. The second-order valence-electron chi connectivity index (χ2n) is 8.03. The summed E-state index contributed by atoms with van der Waals surface area (Å²) in [6.45, 7) is 6.48. The van der Waals surface area contributed by atoms with Gasteiger partial charge in [0.2, 0.25) is 0 Å². The molecule has 8 heteroatoms. The first kappa shape index (κ1) is 21.2. The Morgan fingerprint density at radius 1 is 1.07 bits per heavy atom. The maximum atomic E-state index is 13.0. The van der Waals surface area contributed by atoms with E-state index < -0.39 is 11.7 Å². The van der Waals surface area contributed by atoms with Gasteiger partial charge in [-0.3, -0.25) is 9.69 Å². The molecule has 162 valence electrons. The van der Waals surface area contributed by atoms with E-state index in [1.165, 1.54) is 23.5 Å². The molecule has 2 aliphatic heterocycles. The minimum Gasteiger partial charge on any atom is -0.369 e. The second kappa shape index (κ2) is 8.59. The molecule has 2 aromatic rings. The van der Waals surface area contributed by atoms with Crippen LogP contribution in [0.3, 0.4) is 0 Å². The maximum absolute atomic E-state index is 13.0. The molecule has 2 saturated heterocycles. The quantitative estimate of drug-likeness (QED) is 0.707. The van der Waals surface area contributed by atoms with E-state index in [0.717, 1.165) is 54.8 Å². The van der Waals surface area contributed by atoms with Gasteiger partial charge < -0.3 is 9.80 Å². The summed E-state index contributed by atoms with van der Waals surface area (Å²) in [5.74, 6) is 0.111. The lowest BCUT2D eigenvalue weighted by atomic mass is 10.0. The Labute approximate surface area is 178 Å². The molecule has 0 unspecified atom stereocenters. The number of rotatable bonds is 3. The first-order valence-electron chi connectivity index (χ1n) is 10.3. The van der Waals surface area contributed by atoms with Gasteiger partial charge in [-0.1, -0.05) is 6.07 Å². The van der Waals surface area contributed by atoms with E-state index in [-0.39, 0.29) is 5.91 Å². The average Bonchev–Trinajstić information content (AvgIpc) is 3.19. The normalized spacial score (nSPS) is 21.1. The van der Waals surface area contributed by atoms with Crippen molar-refractivity contribution < 1.29 is 18.0 Å². The van der Waals surface area contributed by atoms with Gasteiger partial charge in [-0.15, -0.1) is 11.3 Å². The molecule has 2 aliphatic rings. The first-order valence-corrected chi connectivity index (χ1v) is 11.1. The molecule has 1 aromatic heterocycles. The Bertz CT molecular complexity index is 890. The van der Waals surface area contributed by atoms with E-state index in [1.54, 1.807) is 6.07 Å². The summed E-state index contributed by atoms with van der Waals surface area (Å²) >= 11 is 1.54. The fraction of sp³-hybridized carbons (Fsp3) is 0.500. The molecule has 1 amide bonds. The number of benzene rings is 1. The highest BCUT2D eigenvalue weighted by Gasteiger charge is 2.33. The molecular formula is C22H26F3N3OS. The SMILES string of the molecule is Cc1ccc(C(=O)N2CCC[C@H](N3CCN(c4cccc(C(F)(F)F)c4)CC3)C2)s1. The summed E-state index contributed by atoms with van der Waals surface area (Å²) in [6.07, 6.45) is -2.29. The Kier molecular flexibility index (Phi) is 6.06. The zero-order valence-corrected chi connectivity index (χ0v) is 17.8. The lowest BCUT2D eigenvalue weighted by molar-refractivity contribution is -0.137. The summed E-state index contributed by atoms with van der Waals surface area (Å²) in [4.78, 5) is 21.1.